The lowest BCUT2D eigenvalue weighted by atomic mass is 9.94. The number of hydrogen-bond donors (Lipinski definition) is 1. The summed E-state index contributed by atoms with van der Waals surface area (Å²) >= 11 is 6.12. The van der Waals surface area contributed by atoms with Crippen molar-refractivity contribution in [3.63, 3.8) is 0 Å². The SMILES string of the molecule is CNC(CC(C)C)c1cccc(Cl)c1C. The van der Waals surface area contributed by atoms with Gasteiger partial charge in [-0.15, -0.1) is 0 Å². The predicted octanol–water partition coefficient (Wildman–Crippen LogP) is 3.96. The topological polar surface area (TPSA) is 12.0 Å². The van der Waals surface area contributed by atoms with E-state index >= 15 is 0 Å². The molecule has 1 atom stereocenters. The predicted molar refractivity (Wildman–Crippen MR) is 67.4 cm³/mol. The summed E-state index contributed by atoms with van der Waals surface area (Å²) in [6.07, 6.45) is 1.14. The van der Waals surface area contributed by atoms with Gasteiger partial charge in [0.2, 0.25) is 0 Å². The molecule has 2 heteroatoms. The van der Waals surface area contributed by atoms with Crippen LogP contribution in [0.2, 0.25) is 5.02 Å². The van der Waals surface area contributed by atoms with Crippen LogP contribution in [-0.2, 0) is 0 Å². The zero-order valence-corrected chi connectivity index (χ0v) is 10.7. The first kappa shape index (κ1) is 12.5. The Morgan fingerprint density at radius 2 is 2.00 bits per heavy atom. The van der Waals surface area contributed by atoms with Gasteiger partial charge < -0.3 is 5.32 Å². The lowest BCUT2D eigenvalue weighted by Gasteiger charge is -2.21. The molecule has 0 aromatic heterocycles. The Morgan fingerprint density at radius 1 is 1.33 bits per heavy atom. The molecule has 1 aromatic carbocycles. The number of rotatable bonds is 4. The summed E-state index contributed by atoms with van der Waals surface area (Å²) in [7, 11) is 2.01. The van der Waals surface area contributed by atoms with Crippen LogP contribution in [-0.4, -0.2) is 7.05 Å². The first-order chi connectivity index (χ1) is 7.06. The summed E-state index contributed by atoms with van der Waals surface area (Å²) in [5.41, 5.74) is 2.51. The number of nitrogens with one attached hydrogen (secondary N) is 1. The fraction of sp³-hybridized carbons (Fsp3) is 0.538. The second kappa shape index (κ2) is 5.53. The molecule has 0 heterocycles. The van der Waals surface area contributed by atoms with Crippen LogP contribution < -0.4 is 5.32 Å². The minimum atomic E-state index is 0.406. The van der Waals surface area contributed by atoms with Crippen molar-refractivity contribution < 1.29 is 0 Å². The maximum absolute atomic E-state index is 6.12. The molecule has 1 nitrogen and oxygen atoms in total. The highest BCUT2D eigenvalue weighted by atomic mass is 35.5. The molecule has 0 aliphatic rings. The molecule has 0 fully saturated rings. The molecule has 0 aliphatic carbocycles. The van der Waals surface area contributed by atoms with Crippen LogP contribution in [0.3, 0.4) is 0 Å². The van der Waals surface area contributed by atoms with Crippen molar-refractivity contribution in [1.29, 1.82) is 0 Å². The van der Waals surface area contributed by atoms with Crippen LogP contribution in [0.5, 0.6) is 0 Å². The average molecular weight is 226 g/mol. The van der Waals surface area contributed by atoms with E-state index in [9.17, 15) is 0 Å². The summed E-state index contributed by atoms with van der Waals surface area (Å²) in [5.74, 6) is 0.681. The van der Waals surface area contributed by atoms with Gasteiger partial charge >= 0.3 is 0 Å². The standard InChI is InChI=1S/C13H20ClN/c1-9(2)8-13(15-4)11-6-5-7-12(14)10(11)3/h5-7,9,13,15H,8H2,1-4H3. The molecule has 0 saturated carbocycles. The molecular formula is C13H20ClN. The van der Waals surface area contributed by atoms with Crippen LogP contribution in [0.1, 0.15) is 37.4 Å². The Labute approximate surface area is 97.8 Å². The molecule has 1 rings (SSSR count). The molecule has 0 radical (unpaired) electrons. The van der Waals surface area contributed by atoms with Crippen molar-refractivity contribution in [2.45, 2.75) is 33.2 Å². The van der Waals surface area contributed by atoms with Crippen molar-refractivity contribution in [2.24, 2.45) is 5.92 Å². The van der Waals surface area contributed by atoms with Crippen molar-refractivity contribution >= 4 is 11.6 Å². The second-order valence-corrected chi connectivity index (χ2v) is 4.83. The maximum atomic E-state index is 6.12. The fourth-order valence-electron chi connectivity index (χ4n) is 1.87. The van der Waals surface area contributed by atoms with E-state index in [0.29, 0.717) is 12.0 Å². The smallest absolute Gasteiger partial charge is 0.0438 e. The van der Waals surface area contributed by atoms with Crippen molar-refractivity contribution in [3.05, 3.63) is 34.3 Å². The average Bonchev–Trinajstić information content (AvgIpc) is 2.19. The Morgan fingerprint density at radius 3 is 2.53 bits per heavy atom. The molecule has 1 N–H and O–H groups in total. The maximum Gasteiger partial charge on any atom is 0.0438 e. The monoisotopic (exact) mass is 225 g/mol. The molecule has 0 spiro atoms. The zero-order chi connectivity index (χ0) is 11.4. The molecule has 1 aromatic rings. The normalized spacial score (nSPS) is 13.2. The Hall–Kier alpha value is -0.530. The van der Waals surface area contributed by atoms with Gasteiger partial charge in [-0.05, 0) is 43.5 Å². The number of halogens is 1. The van der Waals surface area contributed by atoms with E-state index in [-0.39, 0.29) is 0 Å². The minimum absolute atomic E-state index is 0.406. The van der Waals surface area contributed by atoms with Gasteiger partial charge in [0.25, 0.3) is 0 Å². The molecule has 0 amide bonds. The van der Waals surface area contributed by atoms with Gasteiger partial charge in [0.05, 0.1) is 0 Å². The first-order valence-electron chi connectivity index (χ1n) is 5.48. The molecular weight excluding hydrogens is 206 g/mol. The van der Waals surface area contributed by atoms with Gasteiger partial charge in [0.1, 0.15) is 0 Å². The van der Waals surface area contributed by atoms with E-state index in [0.717, 1.165) is 11.4 Å². The second-order valence-electron chi connectivity index (χ2n) is 4.42. The molecule has 0 aliphatic heterocycles. The van der Waals surface area contributed by atoms with Crippen molar-refractivity contribution in [3.8, 4) is 0 Å². The van der Waals surface area contributed by atoms with Crippen LogP contribution in [0, 0.1) is 12.8 Å². The van der Waals surface area contributed by atoms with E-state index < -0.39 is 0 Å². The third-order valence-corrected chi connectivity index (χ3v) is 3.15. The molecule has 1 unspecified atom stereocenters. The lowest BCUT2D eigenvalue weighted by molar-refractivity contribution is 0.455. The third kappa shape index (κ3) is 3.22. The Balaban J connectivity index is 2.96. The van der Waals surface area contributed by atoms with E-state index in [2.05, 4.69) is 32.2 Å². The summed E-state index contributed by atoms with van der Waals surface area (Å²) in [6, 6.07) is 6.53. The summed E-state index contributed by atoms with van der Waals surface area (Å²) < 4.78 is 0. The van der Waals surface area contributed by atoms with Gasteiger partial charge in [-0.3, -0.25) is 0 Å². The molecule has 15 heavy (non-hydrogen) atoms. The molecule has 0 bridgehead atoms. The van der Waals surface area contributed by atoms with Gasteiger partial charge in [0.15, 0.2) is 0 Å². The summed E-state index contributed by atoms with van der Waals surface area (Å²) in [5, 5.41) is 4.22. The van der Waals surface area contributed by atoms with Gasteiger partial charge in [0, 0.05) is 11.1 Å². The highest BCUT2D eigenvalue weighted by Gasteiger charge is 2.14. The molecule has 0 saturated heterocycles. The van der Waals surface area contributed by atoms with Crippen molar-refractivity contribution in [1.82, 2.24) is 5.32 Å². The number of benzene rings is 1. The Bertz CT molecular complexity index is 320. The number of hydrogen-bond acceptors (Lipinski definition) is 1. The minimum Gasteiger partial charge on any atom is -0.313 e. The summed E-state index contributed by atoms with van der Waals surface area (Å²) in [4.78, 5) is 0. The van der Waals surface area contributed by atoms with Crippen LogP contribution >= 0.6 is 11.6 Å². The van der Waals surface area contributed by atoms with E-state index in [1.807, 2.05) is 19.2 Å². The van der Waals surface area contributed by atoms with E-state index in [1.54, 1.807) is 0 Å². The highest BCUT2D eigenvalue weighted by Crippen LogP contribution is 2.27. The van der Waals surface area contributed by atoms with Gasteiger partial charge in [-0.1, -0.05) is 37.6 Å². The zero-order valence-electron chi connectivity index (χ0n) is 9.97. The third-order valence-electron chi connectivity index (χ3n) is 2.74. The quantitative estimate of drug-likeness (QED) is 0.818. The Kier molecular flexibility index (Phi) is 4.62. The van der Waals surface area contributed by atoms with Gasteiger partial charge in [-0.2, -0.15) is 0 Å². The van der Waals surface area contributed by atoms with Crippen LogP contribution in [0.4, 0.5) is 0 Å². The lowest BCUT2D eigenvalue weighted by Crippen LogP contribution is -2.19. The first-order valence-corrected chi connectivity index (χ1v) is 5.86. The fourth-order valence-corrected chi connectivity index (χ4v) is 2.06. The summed E-state index contributed by atoms with van der Waals surface area (Å²) in [6.45, 7) is 6.57. The molecule has 84 valence electrons. The highest BCUT2D eigenvalue weighted by molar-refractivity contribution is 6.31. The van der Waals surface area contributed by atoms with Crippen molar-refractivity contribution in [2.75, 3.05) is 7.05 Å². The van der Waals surface area contributed by atoms with Crippen LogP contribution in [0.15, 0.2) is 18.2 Å². The van der Waals surface area contributed by atoms with E-state index in [1.165, 1.54) is 11.1 Å². The largest absolute Gasteiger partial charge is 0.313 e. The van der Waals surface area contributed by atoms with Crippen LogP contribution in [0.25, 0.3) is 0 Å². The van der Waals surface area contributed by atoms with E-state index in [4.69, 9.17) is 11.6 Å². The van der Waals surface area contributed by atoms with Gasteiger partial charge in [-0.25, -0.2) is 0 Å².